The van der Waals surface area contributed by atoms with Crippen LogP contribution in [0.2, 0.25) is 0 Å². The summed E-state index contributed by atoms with van der Waals surface area (Å²) in [5.41, 5.74) is -5.76. The van der Waals surface area contributed by atoms with Gasteiger partial charge in [0, 0.05) is 26.0 Å². The Morgan fingerprint density at radius 1 is 1.31 bits per heavy atom. The lowest BCUT2D eigenvalue weighted by molar-refractivity contribution is -0.0478. The Balaban J connectivity index is 0.000000281. The molecule has 0 fully saturated rings. The Morgan fingerprint density at radius 3 is 1.88 bits per heavy atom. The zero-order chi connectivity index (χ0) is 13.0. The molecule has 0 atom stereocenters. The molecule has 1 aliphatic rings. The molecule has 1 rings (SSSR count). The smallest absolute Gasteiger partial charge is 0.362 e. The molecule has 0 unspecified atom stereocenters. The van der Waals surface area contributed by atoms with Crippen molar-refractivity contribution in [1.29, 1.82) is 0 Å². The third-order valence-corrected chi connectivity index (χ3v) is 2.17. The summed E-state index contributed by atoms with van der Waals surface area (Å²) in [6.45, 7) is 4.32. The van der Waals surface area contributed by atoms with Gasteiger partial charge in [0.05, 0.1) is 6.67 Å². The van der Waals surface area contributed by atoms with Gasteiger partial charge in [-0.15, -0.1) is 0 Å². The summed E-state index contributed by atoms with van der Waals surface area (Å²) in [5.74, 6) is 0. The van der Waals surface area contributed by atoms with Gasteiger partial charge in [-0.3, -0.25) is 0 Å². The Morgan fingerprint density at radius 2 is 1.75 bits per heavy atom. The minimum atomic E-state index is -6.34. The molecule has 0 aromatic carbocycles. The SMILES string of the molecule is CCN1C=CN(C)C1.O=S(=O)(F)C(F)(F)F. The summed E-state index contributed by atoms with van der Waals surface area (Å²) in [5, 5.41) is 0. The van der Waals surface area contributed by atoms with Crippen molar-refractivity contribution in [3.05, 3.63) is 12.4 Å². The third kappa shape index (κ3) is 5.19. The summed E-state index contributed by atoms with van der Waals surface area (Å²) in [4.78, 5) is 4.41. The van der Waals surface area contributed by atoms with Crippen LogP contribution >= 0.6 is 0 Å². The van der Waals surface area contributed by atoms with Gasteiger partial charge in [0.1, 0.15) is 0 Å². The van der Waals surface area contributed by atoms with Crippen molar-refractivity contribution in [2.45, 2.75) is 12.4 Å². The number of alkyl halides is 3. The first-order chi connectivity index (χ1) is 7.08. The van der Waals surface area contributed by atoms with Crippen molar-refractivity contribution in [2.75, 3.05) is 20.3 Å². The predicted molar refractivity (Wildman–Crippen MR) is 50.2 cm³/mol. The van der Waals surface area contributed by atoms with E-state index >= 15 is 0 Å². The number of halogens is 4. The van der Waals surface area contributed by atoms with Gasteiger partial charge in [-0.05, 0) is 6.92 Å². The zero-order valence-electron chi connectivity index (χ0n) is 8.70. The molecule has 0 aliphatic carbocycles. The van der Waals surface area contributed by atoms with E-state index < -0.39 is 15.7 Å². The molecule has 1 heterocycles. The van der Waals surface area contributed by atoms with E-state index in [0.29, 0.717) is 0 Å². The van der Waals surface area contributed by atoms with Crippen molar-refractivity contribution in [3.8, 4) is 0 Å². The van der Waals surface area contributed by atoms with Crippen molar-refractivity contribution < 1.29 is 25.5 Å². The van der Waals surface area contributed by atoms with Crippen LogP contribution in [-0.4, -0.2) is 44.0 Å². The van der Waals surface area contributed by atoms with Crippen molar-refractivity contribution >= 4 is 10.2 Å². The number of rotatable bonds is 1. The van der Waals surface area contributed by atoms with Gasteiger partial charge in [-0.2, -0.15) is 21.6 Å². The second-order valence-corrected chi connectivity index (χ2v) is 4.32. The van der Waals surface area contributed by atoms with Crippen molar-refractivity contribution in [3.63, 3.8) is 0 Å². The van der Waals surface area contributed by atoms with E-state index in [1.165, 1.54) is 0 Å². The molecule has 0 saturated heterocycles. The van der Waals surface area contributed by atoms with Gasteiger partial charge < -0.3 is 9.80 Å². The van der Waals surface area contributed by atoms with Gasteiger partial charge in [0.15, 0.2) is 0 Å². The highest BCUT2D eigenvalue weighted by Crippen LogP contribution is 2.23. The van der Waals surface area contributed by atoms with Crippen LogP contribution in [-0.2, 0) is 10.2 Å². The van der Waals surface area contributed by atoms with E-state index in [0.717, 1.165) is 13.2 Å². The quantitative estimate of drug-likeness (QED) is 0.531. The van der Waals surface area contributed by atoms with Crippen LogP contribution in [0.5, 0.6) is 0 Å². The molecule has 0 radical (unpaired) electrons. The summed E-state index contributed by atoms with van der Waals surface area (Å²) in [6.07, 6.45) is 4.20. The van der Waals surface area contributed by atoms with E-state index in [4.69, 9.17) is 8.42 Å². The van der Waals surface area contributed by atoms with Crippen LogP contribution < -0.4 is 0 Å². The van der Waals surface area contributed by atoms with Gasteiger partial charge in [0.25, 0.3) is 0 Å². The molecule has 96 valence electrons. The first-order valence-electron chi connectivity index (χ1n) is 4.21. The maximum absolute atomic E-state index is 10.7. The van der Waals surface area contributed by atoms with Crippen LogP contribution in [0.3, 0.4) is 0 Å². The summed E-state index contributed by atoms with van der Waals surface area (Å²) in [6, 6.07) is 0. The normalized spacial score (nSPS) is 16.1. The van der Waals surface area contributed by atoms with E-state index in [-0.39, 0.29) is 0 Å². The second-order valence-electron chi connectivity index (χ2n) is 2.99. The van der Waals surface area contributed by atoms with Crippen LogP contribution in [0.25, 0.3) is 0 Å². The summed E-state index contributed by atoms with van der Waals surface area (Å²) in [7, 11) is -4.26. The molecular formula is C7H12F4N2O2S. The highest BCUT2D eigenvalue weighted by Gasteiger charge is 2.46. The van der Waals surface area contributed by atoms with Gasteiger partial charge in [-0.1, -0.05) is 3.89 Å². The van der Waals surface area contributed by atoms with Crippen LogP contribution in [0.1, 0.15) is 6.92 Å². The Hall–Kier alpha value is -0.990. The topological polar surface area (TPSA) is 40.6 Å². The standard InChI is InChI=1S/C6H12N2.CF4O2S/c1-3-8-5-4-7(2)6-8;2-1(3,4)8(5,6)7/h4-5H,3,6H2,1-2H3;. The highest BCUT2D eigenvalue weighted by atomic mass is 32.3. The zero-order valence-corrected chi connectivity index (χ0v) is 9.52. The Kier molecular flexibility index (Phi) is 5.04. The van der Waals surface area contributed by atoms with Crippen molar-refractivity contribution in [2.24, 2.45) is 0 Å². The number of hydrogen-bond donors (Lipinski definition) is 0. The van der Waals surface area contributed by atoms with Gasteiger partial charge in [0.2, 0.25) is 0 Å². The van der Waals surface area contributed by atoms with Crippen LogP contribution in [0.15, 0.2) is 12.4 Å². The van der Waals surface area contributed by atoms with Crippen LogP contribution in [0, 0.1) is 0 Å². The van der Waals surface area contributed by atoms with Gasteiger partial charge >= 0.3 is 15.7 Å². The van der Waals surface area contributed by atoms with E-state index in [1.54, 1.807) is 0 Å². The summed E-state index contributed by atoms with van der Waals surface area (Å²) >= 11 is 0. The molecule has 0 N–H and O–H groups in total. The monoisotopic (exact) mass is 264 g/mol. The largest absolute Gasteiger partial charge is 0.527 e. The predicted octanol–water partition coefficient (Wildman–Crippen LogP) is 1.49. The van der Waals surface area contributed by atoms with E-state index in [1.807, 2.05) is 0 Å². The van der Waals surface area contributed by atoms with E-state index in [9.17, 15) is 17.1 Å². The fourth-order valence-corrected chi connectivity index (χ4v) is 0.794. The lowest BCUT2D eigenvalue weighted by atomic mass is 10.6. The van der Waals surface area contributed by atoms with E-state index in [2.05, 4.69) is 36.2 Å². The molecule has 0 spiro atoms. The minimum absolute atomic E-state index is 1.05. The maximum atomic E-state index is 10.7. The fourth-order valence-electron chi connectivity index (χ4n) is 0.794. The number of hydrogen-bond acceptors (Lipinski definition) is 4. The highest BCUT2D eigenvalue weighted by molar-refractivity contribution is 7.87. The average Bonchev–Trinajstić information content (AvgIpc) is 2.48. The van der Waals surface area contributed by atoms with Crippen molar-refractivity contribution in [1.82, 2.24) is 9.80 Å². The molecule has 16 heavy (non-hydrogen) atoms. The molecule has 0 amide bonds. The molecule has 0 saturated carbocycles. The first kappa shape index (κ1) is 15.0. The molecule has 1 aliphatic heterocycles. The lowest BCUT2D eigenvalue weighted by Crippen LogP contribution is -2.21. The molecule has 0 aromatic heterocycles. The molecule has 4 nitrogen and oxygen atoms in total. The first-order valence-corrected chi connectivity index (χ1v) is 5.59. The molecule has 0 aromatic rings. The number of nitrogens with zero attached hydrogens (tertiary/aromatic N) is 2. The second kappa shape index (κ2) is 5.37. The average molecular weight is 264 g/mol. The fraction of sp³-hybridized carbons (Fsp3) is 0.714. The summed E-state index contributed by atoms with van der Waals surface area (Å²) < 4.78 is 60.3. The van der Waals surface area contributed by atoms with Gasteiger partial charge in [-0.25, -0.2) is 0 Å². The lowest BCUT2D eigenvalue weighted by Gasteiger charge is -2.14. The molecule has 9 heteroatoms. The molecular weight excluding hydrogens is 252 g/mol. The Bertz CT molecular complexity index is 339. The molecule has 0 bridgehead atoms. The minimum Gasteiger partial charge on any atom is -0.362 e. The third-order valence-electron chi connectivity index (χ3n) is 1.62. The Labute approximate surface area is 91.3 Å². The maximum Gasteiger partial charge on any atom is 0.527 e. The van der Waals surface area contributed by atoms with Crippen LogP contribution in [0.4, 0.5) is 17.1 Å².